The number of nitrogens with zero attached hydrogens (tertiary/aromatic N) is 2. The molecule has 0 saturated heterocycles. The number of carbonyl (C=O) groups is 1. The predicted molar refractivity (Wildman–Crippen MR) is 107 cm³/mol. The van der Waals surface area contributed by atoms with Gasteiger partial charge in [-0.3, -0.25) is 9.48 Å². The maximum Gasteiger partial charge on any atom is 0.269 e. The van der Waals surface area contributed by atoms with Crippen molar-refractivity contribution in [2.45, 2.75) is 46.1 Å². The molecule has 0 spiro atoms. The first-order valence-electron chi connectivity index (χ1n) is 9.24. The molecule has 0 radical (unpaired) electrons. The Hall–Kier alpha value is -1.82. The molecule has 0 atom stereocenters. The first-order chi connectivity index (χ1) is 12.5. The van der Waals surface area contributed by atoms with Gasteiger partial charge in [-0.25, -0.2) is 4.39 Å². The highest BCUT2D eigenvalue weighted by molar-refractivity contribution is 7.80. The lowest BCUT2D eigenvalue weighted by Crippen LogP contribution is -2.27. The van der Waals surface area contributed by atoms with Crippen molar-refractivity contribution in [2.24, 2.45) is 5.92 Å². The first kappa shape index (κ1) is 20.5. The largest absolute Gasteiger partial charge is 0.351 e. The highest BCUT2D eigenvalue weighted by atomic mass is 32.1. The lowest BCUT2D eigenvalue weighted by molar-refractivity contribution is 0.0941. The molecule has 0 fully saturated rings. The Morgan fingerprint density at radius 1 is 1.19 bits per heavy atom. The summed E-state index contributed by atoms with van der Waals surface area (Å²) in [6.07, 6.45) is 4.30. The third-order valence-corrected chi connectivity index (χ3v) is 4.38. The summed E-state index contributed by atoms with van der Waals surface area (Å²) in [5, 5.41) is 7.55. The second-order valence-electron chi connectivity index (χ2n) is 6.89. The topological polar surface area (TPSA) is 46.9 Å². The van der Waals surface area contributed by atoms with E-state index in [-0.39, 0.29) is 11.7 Å². The molecular weight excluding hydrogens is 349 g/mol. The van der Waals surface area contributed by atoms with Crippen LogP contribution in [0.25, 0.3) is 11.3 Å². The molecule has 0 bridgehead atoms. The number of rotatable bonds is 10. The van der Waals surface area contributed by atoms with Crippen LogP contribution in [0.4, 0.5) is 4.39 Å². The summed E-state index contributed by atoms with van der Waals surface area (Å²) in [4.78, 5) is 12.6. The Bertz CT molecular complexity index is 698. The average Bonchev–Trinajstić information content (AvgIpc) is 3.01. The standard InChI is InChI=1S/C20H28FN3OS/c1-15(2)14-24-19(20(25)22-11-5-3-4-6-12-26)13-18(23-24)16-7-9-17(21)10-8-16/h7-10,13,15,26H,3-6,11-12,14H2,1-2H3,(H,22,25). The van der Waals surface area contributed by atoms with Gasteiger partial charge in [-0.05, 0) is 54.8 Å². The molecule has 1 aromatic heterocycles. The second kappa shape index (κ2) is 10.4. The molecular formula is C20H28FN3OS. The zero-order valence-corrected chi connectivity index (χ0v) is 16.4. The van der Waals surface area contributed by atoms with Gasteiger partial charge < -0.3 is 5.32 Å². The minimum atomic E-state index is -0.286. The number of halogens is 1. The Morgan fingerprint density at radius 2 is 1.88 bits per heavy atom. The van der Waals surface area contributed by atoms with Gasteiger partial charge in [-0.15, -0.1) is 0 Å². The SMILES string of the molecule is CC(C)Cn1nc(-c2ccc(F)cc2)cc1C(=O)NCCCCCCS. The number of carbonyl (C=O) groups excluding carboxylic acids is 1. The van der Waals surface area contributed by atoms with E-state index in [0.29, 0.717) is 30.4 Å². The van der Waals surface area contributed by atoms with E-state index in [4.69, 9.17) is 0 Å². The Morgan fingerprint density at radius 3 is 2.54 bits per heavy atom. The van der Waals surface area contributed by atoms with Crippen LogP contribution in [-0.2, 0) is 6.54 Å². The lowest BCUT2D eigenvalue weighted by Gasteiger charge is -2.10. The molecule has 6 heteroatoms. The average molecular weight is 378 g/mol. The summed E-state index contributed by atoms with van der Waals surface area (Å²) in [5.41, 5.74) is 2.03. The van der Waals surface area contributed by atoms with E-state index in [1.807, 2.05) is 0 Å². The van der Waals surface area contributed by atoms with E-state index in [1.54, 1.807) is 22.9 Å². The van der Waals surface area contributed by atoms with Crippen molar-refractivity contribution in [3.63, 3.8) is 0 Å². The van der Waals surface area contributed by atoms with Gasteiger partial charge in [0, 0.05) is 18.7 Å². The first-order valence-corrected chi connectivity index (χ1v) is 9.87. The van der Waals surface area contributed by atoms with Crippen molar-refractivity contribution in [2.75, 3.05) is 12.3 Å². The van der Waals surface area contributed by atoms with Crippen LogP contribution in [0.15, 0.2) is 30.3 Å². The van der Waals surface area contributed by atoms with Crippen LogP contribution in [-0.4, -0.2) is 28.0 Å². The summed E-state index contributed by atoms with van der Waals surface area (Å²) in [6.45, 7) is 5.49. The Balaban J connectivity index is 2.07. The van der Waals surface area contributed by atoms with Gasteiger partial charge in [0.2, 0.25) is 0 Å². The molecule has 1 heterocycles. The lowest BCUT2D eigenvalue weighted by atomic mass is 10.1. The third kappa shape index (κ3) is 6.16. The van der Waals surface area contributed by atoms with Crippen LogP contribution >= 0.6 is 12.6 Å². The number of hydrogen-bond donors (Lipinski definition) is 2. The maximum atomic E-state index is 13.1. The van der Waals surface area contributed by atoms with E-state index >= 15 is 0 Å². The normalized spacial score (nSPS) is 11.1. The molecule has 4 nitrogen and oxygen atoms in total. The monoisotopic (exact) mass is 377 g/mol. The number of hydrogen-bond acceptors (Lipinski definition) is 3. The van der Waals surface area contributed by atoms with Gasteiger partial charge >= 0.3 is 0 Å². The molecule has 0 aliphatic heterocycles. The van der Waals surface area contributed by atoms with Crippen LogP contribution in [0, 0.1) is 11.7 Å². The Kier molecular flexibility index (Phi) is 8.16. The second-order valence-corrected chi connectivity index (χ2v) is 7.34. The minimum Gasteiger partial charge on any atom is -0.351 e. The summed E-state index contributed by atoms with van der Waals surface area (Å²) >= 11 is 4.20. The highest BCUT2D eigenvalue weighted by Crippen LogP contribution is 2.20. The number of benzene rings is 1. The molecule has 26 heavy (non-hydrogen) atoms. The van der Waals surface area contributed by atoms with Crippen molar-refractivity contribution in [1.29, 1.82) is 0 Å². The number of aromatic nitrogens is 2. The van der Waals surface area contributed by atoms with Crippen LogP contribution in [0.3, 0.4) is 0 Å². The smallest absolute Gasteiger partial charge is 0.269 e. The summed E-state index contributed by atoms with van der Waals surface area (Å²) in [6, 6.07) is 7.95. The maximum absolute atomic E-state index is 13.1. The van der Waals surface area contributed by atoms with Gasteiger partial charge in [0.15, 0.2) is 0 Å². The molecule has 1 N–H and O–H groups in total. The van der Waals surface area contributed by atoms with Crippen molar-refractivity contribution >= 4 is 18.5 Å². The number of amides is 1. The zero-order valence-electron chi connectivity index (χ0n) is 15.5. The van der Waals surface area contributed by atoms with Crippen molar-refractivity contribution in [3.8, 4) is 11.3 Å². The van der Waals surface area contributed by atoms with E-state index in [1.165, 1.54) is 12.1 Å². The molecule has 2 aromatic rings. The zero-order chi connectivity index (χ0) is 18.9. The Labute approximate surface area is 160 Å². The summed E-state index contributed by atoms with van der Waals surface area (Å²) in [5.74, 6) is 0.878. The molecule has 0 aliphatic rings. The molecule has 142 valence electrons. The van der Waals surface area contributed by atoms with E-state index in [2.05, 4.69) is 36.9 Å². The highest BCUT2D eigenvalue weighted by Gasteiger charge is 2.16. The minimum absolute atomic E-state index is 0.110. The van der Waals surface area contributed by atoms with Gasteiger partial charge in [0.05, 0.1) is 5.69 Å². The van der Waals surface area contributed by atoms with Gasteiger partial charge in [0.25, 0.3) is 5.91 Å². The quantitative estimate of drug-likeness (QED) is 0.471. The molecule has 0 unspecified atom stereocenters. The number of nitrogens with one attached hydrogen (secondary N) is 1. The van der Waals surface area contributed by atoms with Crippen LogP contribution in [0.2, 0.25) is 0 Å². The predicted octanol–water partition coefficient (Wildman–Crippen LogP) is 4.57. The number of thiol groups is 1. The fourth-order valence-corrected chi connectivity index (χ4v) is 2.95. The van der Waals surface area contributed by atoms with E-state index in [9.17, 15) is 9.18 Å². The summed E-state index contributed by atoms with van der Waals surface area (Å²) in [7, 11) is 0. The fourth-order valence-electron chi connectivity index (χ4n) is 2.73. The number of unbranched alkanes of at least 4 members (excludes halogenated alkanes) is 3. The third-order valence-electron chi connectivity index (χ3n) is 4.06. The molecule has 1 aromatic carbocycles. The van der Waals surface area contributed by atoms with Gasteiger partial charge in [-0.2, -0.15) is 17.7 Å². The van der Waals surface area contributed by atoms with Gasteiger partial charge in [-0.1, -0.05) is 26.7 Å². The summed E-state index contributed by atoms with van der Waals surface area (Å²) < 4.78 is 14.9. The van der Waals surface area contributed by atoms with Crippen molar-refractivity contribution in [1.82, 2.24) is 15.1 Å². The van der Waals surface area contributed by atoms with Crippen molar-refractivity contribution in [3.05, 3.63) is 41.8 Å². The fraction of sp³-hybridized carbons (Fsp3) is 0.500. The molecule has 1 amide bonds. The van der Waals surface area contributed by atoms with E-state index in [0.717, 1.165) is 37.0 Å². The van der Waals surface area contributed by atoms with Gasteiger partial charge in [0.1, 0.15) is 11.5 Å². The molecule has 2 rings (SSSR count). The molecule has 0 aliphatic carbocycles. The van der Waals surface area contributed by atoms with E-state index < -0.39 is 0 Å². The van der Waals surface area contributed by atoms with Crippen LogP contribution in [0.1, 0.15) is 50.0 Å². The van der Waals surface area contributed by atoms with Crippen LogP contribution in [0.5, 0.6) is 0 Å². The molecule has 0 saturated carbocycles. The van der Waals surface area contributed by atoms with Crippen LogP contribution < -0.4 is 5.32 Å². The van der Waals surface area contributed by atoms with Crippen molar-refractivity contribution < 1.29 is 9.18 Å².